The van der Waals surface area contributed by atoms with Gasteiger partial charge in [0, 0.05) is 0 Å². The molecule has 3 nitrogen and oxygen atoms in total. The predicted molar refractivity (Wildman–Crippen MR) is 69.4 cm³/mol. The third-order valence-corrected chi connectivity index (χ3v) is 5.40. The minimum absolute atomic E-state index is 0.0942. The molecule has 0 saturated heterocycles. The van der Waals surface area contributed by atoms with Crippen LogP contribution in [0.2, 0.25) is 5.54 Å². The minimum Gasteiger partial charge on any atom is -0.267 e. The van der Waals surface area contributed by atoms with E-state index in [0.717, 1.165) is 12.7 Å². The third-order valence-electron chi connectivity index (χ3n) is 2.98. The summed E-state index contributed by atoms with van der Waals surface area (Å²) in [5, 5.41) is 1.33. The first-order valence-corrected chi connectivity index (χ1v) is 8.47. The van der Waals surface area contributed by atoms with Crippen molar-refractivity contribution >= 4 is 24.8 Å². The van der Waals surface area contributed by atoms with Crippen LogP contribution in [-0.2, 0) is 14.3 Å². The number of hydrogen-bond donors (Lipinski definition) is 0. The minimum atomic E-state index is -3.30. The van der Waals surface area contributed by atoms with Gasteiger partial charge in [-0.25, -0.2) is 0 Å². The number of aryl methyl sites for hydroxylation is 1. The molecule has 5 heteroatoms. The van der Waals surface area contributed by atoms with Gasteiger partial charge in [0.15, 0.2) is 0 Å². The van der Waals surface area contributed by atoms with Crippen LogP contribution < -0.4 is 5.19 Å². The van der Waals surface area contributed by atoms with Crippen molar-refractivity contribution in [2.24, 2.45) is 0 Å². The highest BCUT2D eigenvalue weighted by Gasteiger charge is 2.41. The third kappa shape index (κ3) is 3.40. The van der Waals surface area contributed by atoms with E-state index >= 15 is 0 Å². The molecule has 17 heavy (non-hydrogen) atoms. The highest BCUT2D eigenvalue weighted by molar-refractivity contribution is 7.86. The van der Waals surface area contributed by atoms with E-state index in [0.29, 0.717) is 15.1 Å². The van der Waals surface area contributed by atoms with E-state index in [-0.39, 0.29) is 6.10 Å². The van der Waals surface area contributed by atoms with E-state index in [4.69, 9.17) is 4.18 Å². The second kappa shape index (κ2) is 4.55. The lowest BCUT2D eigenvalue weighted by atomic mass is 10.1. The molecule has 2 atom stereocenters. The van der Waals surface area contributed by atoms with Crippen LogP contribution >= 0.6 is 0 Å². The van der Waals surface area contributed by atoms with Crippen LogP contribution in [0.25, 0.3) is 0 Å². The van der Waals surface area contributed by atoms with Gasteiger partial charge in [-0.1, -0.05) is 23.4 Å². The van der Waals surface area contributed by atoms with Crippen molar-refractivity contribution in [3.63, 3.8) is 0 Å². The Kier molecular flexibility index (Phi) is 3.42. The molecule has 1 saturated carbocycles. The molecule has 1 aliphatic carbocycles. The summed E-state index contributed by atoms with van der Waals surface area (Å²) in [6.45, 7) is 4.22. The average molecular weight is 268 g/mol. The summed E-state index contributed by atoms with van der Waals surface area (Å²) in [5.41, 5.74) is 2.98. The van der Waals surface area contributed by atoms with Gasteiger partial charge >= 0.3 is 0 Å². The monoisotopic (exact) mass is 268 g/mol. The Morgan fingerprint density at radius 2 is 2.06 bits per heavy atom. The van der Waals surface area contributed by atoms with Crippen LogP contribution in [-0.4, -0.2) is 30.3 Å². The highest BCUT2D eigenvalue weighted by Crippen LogP contribution is 2.40. The molecule has 0 amide bonds. The summed E-state index contributed by atoms with van der Waals surface area (Å²) < 4.78 is 26.9. The molecule has 1 aromatic rings. The Hall–Kier alpha value is -0.653. The first kappa shape index (κ1) is 12.8. The topological polar surface area (TPSA) is 43.4 Å². The molecule has 1 fully saturated rings. The van der Waals surface area contributed by atoms with Crippen LogP contribution in [0.15, 0.2) is 18.2 Å². The number of benzene rings is 1. The zero-order valence-electron chi connectivity index (χ0n) is 10.2. The fourth-order valence-electron chi connectivity index (χ4n) is 1.76. The van der Waals surface area contributed by atoms with Crippen molar-refractivity contribution in [3.8, 4) is 0 Å². The van der Waals surface area contributed by atoms with Crippen molar-refractivity contribution in [1.29, 1.82) is 0 Å². The Labute approximate surface area is 105 Å². The SMILES string of the molecule is Cc1cccc([Si]C2CC2OS(C)(=O)=O)c1C. The van der Waals surface area contributed by atoms with E-state index < -0.39 is 10.1 Å². The summed E-state index contributed by atoms with van der Waals surface area (Å²) >= 11 is 0. The van der Waals surface area contributed by atoms with Crippen LogP contribution in [0.3, 0.4) is 0 Å². The molecule has 2 unspecified atom stereocenters. The molecule has 0 aliphatic heterocycles. The van der Waals surface area contributed by atoms with E-state index in [1.807, 2.05) is 0 Å². The molecule has 0 spiro atoms. The van der Waals surface area contributed by atoms with Gasteiger partial charge in [0.2, 0.25) is 0 Å². The molecule has 1 aromatic carbocycles. The molecule has 2 radical (unpaired) electrons. The first-order chi connectivity index (χ1) is 7.87. The second-order valence-corrected chi connectivity index (χ2v) is 7.74. The van der Waals surface area contributed by atoms with E-state index in [1.54, 1.807) is 0 Å². The quantitative estimate of drug-likeness (QED) is 0.608. The fraction of sp³-hybridized carbons (Fsp3) is 0.500. The van der Waals surface area contributed by atoms with Crippen LogP contribution in [0.5, 0.6) is 0 Å². The predicted octanol–water partition coefficient (Wildman–Crippen LogP) is 1.17. The van der Waals surface area contributed by atoms with E-state index in [2.05, 4.69) is 32.0 Å². The van der Waals surface area contributed by atoms with Crippen molar-refractivity contribution in [2.75, 3.05) is 6.26 Å². The molecule has 0 aromatic heterocycles. The summed E-state index contributed by atoms with van der Waals surface area (Å²) in [6.07, 6.45) is 1.88. The van der Waals surface area contributed by atoms with Gasteiger partial charge in [-0.2, -0.15) is 8.42 Å². The maximum atomic E-state index is 11.0. The van der Waals surface area contributed by atoms with Crippen molar-refractivity contribution < 1.29 is 12.6 Å². The van der Waals surface area contributed by atoms with Crippen LogP contribution in [0.4, 0.5) is 0 Å². The summed E-state index contributed by atoms with van der Waals surface area (Å²) in [5.74, 6) is 0. The van der Waals surface area contributed by atoms with Gasteiger partial charge in [0.25, 0.3) is 10.1 Å². The Morgan fingerprint density at radius 1 is 1.35 bits per heavy atom. The van der Waals surface area contributed by atoms with Crippen molar-refractivity contribution in [2.45, 2.75) is 31.9 Å². The molecule has 0 bridgehead atoms. The standard InChI is InChI=1S/C12H16O3SSi/c1-8-5-4-6-11(9(8)2)17-12-7-10(12)15-16(3,13)14/h4-6,10,12H,7H2,1-3H3. The number of hydrogen-bond acceptors (Lipinski definition) is 3. The van der Waals surface area contributed by atoms with Gasteiger partial charge in [-0.3, -0.25) is 4.18 Å². The normalized spacial score (nSPS) is 23.7. The smallest absolute Gasteiger partial charge is 0.264 e. The van der Waals surface area contributed by atoms with Crippen LogP contribution in [0, 0.1) is 13.8 Å². The summed E-state index contributed by atoms with van der Waals surface area (Å²) in [6, 6.07) is 6.27. The lowest BCUT2D eigenvalue weighted by molar-refractivity contribution is 0.309. The molecule has 1 aliphatic rings. The van der Waals surface area contributed by atoms with E-state index in [9.17, 15) is 8.42 Å². The van der Waals surface area contributed by atoms with Gasteiger partial charge in [0.05, 0.1) is 21.9 Å². The van der Waals surface area contributed by atoms with Gasteiger partial charge in [0.1, 0.15) is 0 Å². The Balaban J connectivity index is 1.98. The molecule has 0 N–H and O–H groups in total. The fourth-order valence-corrected chi connectivity index (χ4v) is 4.13. The highest BCUT2D eigenvalue weighted by atomic mass is 32.2. The van der Waals surface area contributed by atoms with Crippen molar-refractivity contribution in [1.82, 2.24) is 0 Å². The molecular formula is C12H16O3SSi. The largest absolute Gasteiger partial charge is 0.267 e. The lowest BCUT2D eigenvalue weighted by Gasteiger charge is -2.07. The molecule has 2 rings (SSSR count). The van der Waals surface area contributed by atoms with E-state index in [1.165, 1.54) is 16.3 Å². The zero-order chi connectivity index (χ0) is 12.6. The number of rotatable bonds is 4. The Morgan fingerprint density at radius 3 is 2.71 bits per heavy atom. The first-order valence-electron chi connectivity index (χ1n) is 5.58. The maximum absolute atomic E-state index is 11.0. The zero-order valence-corrected chi connectivity index (χ0v) is 12.0. The van der Waals surface area contributed by atoms with Gasteiger partial charge < -0.3 is 0 Å². The molecular weight excluding hydrogens is 252 g/mol. The second-order valence-electron chi connectivity index (χ2n) is 4.57. The molecule has 0 heterocycles. The van der Waals surface area contributed by atoms with Gasteiger partial charge in [-0.05, 0) is 36.9 Å². The maximum Gasteiger partial charge on any atom is 0.264 e. The lowest BCUT2D eigenvalue weighted by Crippen LogP contribution is -2.20. The average Bonchev–Trinajstić information content (AvgIpc) is 2.89. The summed E-state index contributed by atoms with van der Waals surface area (Å²) in [4.78, 5) is 0. The summed E-state index contributed by atoms with van der Waals surface area (Å²) in [7, 11) is -2.66. The van der Waals surface area contributed by atoms with Crippen molar-refractivity contribution in [3.05, 3.63) is 29.3 Å². The van der Waals surface area contributed by atoms with Gasteiger partial charge in [-0.15, -0.1) is 0 Å². The van der Waals surface area contributed by atoms with Crippen LogP contribution in [0.1, 0.15) is 17.5 Å². The molecule has 92 valence electrons. The Bertz CT molecular complexity index is 525.